The number of likely N-dealkylation sites (N-methyl/N-ethyl adjacent to an activating group) is 1. The third kappa shape index (κ3) is 8.05. The lowest BCUT2D eigenvalue weighted by Gasteiger charge is -2.22. The van der Waals surface area contributed by atoms with Crippen LogP contribution in [0, 0.1) is 11.3 Å². The summed E-state index contributed by atoms with van der Waals surface area (Å²) in [6.07, 6.45) is 5.59. The first-order valence-electron chi connectivity index (χ1n) is 11.1. The molecule has 1 aromatic rings. The van der Waals surface area contributed by atoms with Gasteiger partial charge in [-0.05, 0) is 63.1 Å². The summed E-state index contributed by atoms with van der Waals surface area (Å²) in [7, 11) is 0.957. The average molecular weight is 458 g/mol. The largest absolute Gasteiger partial charge is 0.494 e. The summed E-state index contributed by atoms with van der Waals surface area (Å²) in [5.41, 5.74) is 4.56. The summed E-state index contributed by atoms with van der Waals surface area (Å²) in [5.74, 6) is 1.42. The van der Waals surface area contributed by atoms with Crippen molar-refractivity contribution < 1.29 is 8.95 Å². The van der Waals surface area contributed by atoms with Crippen molar-refractivity contribution >= 4 is 22.4 Å². The van der Waals surface area contributed by atoms with Gasteiger partial charge in [-0.15, -0.1) is 0 Å². The highest BCUT2D eigenvalue weighted by atomic mass is 32.2. The van der Waals surface area contributed by atoms with Crippen LogP contribution in [-0.2, 0) is 15.7 Å². The van der Waals surface area contributed by atoms with Gasteiger partial charge in [0.1, 0.15) is 22.8 Å². The van der Waals surface area contributed by atoms with Crippen LogP contribution in [0.4, 0.5) is 5.69 Å². The summed E-state index contributed by atoms with van der Waals surface area (Å²) in [6, 6.07) is 10.3. The molecule has 0 saturated carbocycles. The van der Waals surface area contributed by atoms with E-state index in [0.29, 0.717) is 12.4 Å². The minimum Gasteiger partial charge on any atom is -0.494 e. The monoisotopic (exact) mass is 457 g/mol. The lowest BCUT2D eigenvalue weighted by molar-refractivity contribution is 0.242. The number of anilines is 1. The molecule has 0 aromatic heterocycles. The first kappa shape index (κ1) is 29.2. The molecule has 1 N–H and O–H groups in total. The van der Waals surface area contributed by atoms with Crippen LogP contribution in [0.25, 0.3) is 5.70 Å². The smallest absolute Gasteiger partial charge is 0.116 e. The molecular formula is C26H39N3O2S. The van der Waals surface area contributed by atoms with Crippen molar-refractivity contribution in [3.63, 3.8) is 0 Å². The van der Waals surface area contributed by atoms with E-state index in [1.807, 2.05) is 85.0 Å². The first-order valence-corrected chi connectivity index (χ1v) is 12.4. The molecule has 0 bridgehead atoms. The van der Waals surface area contributed by atoms with Gasteiger partial charge < -0.3 is 14.4 Å². The number of hydrogen-bond donors (Lipinski definition) is 1. The minimum absolute atomic E-state index is 0.194. The van der Waals surface area contributed by atoms with E-state index in [-0.39, 0.29) is 6.04 Å². The maximum absolute atomic E-state index is 11.5. The Balaban J connectivity index is 0.000000814. The van der Waals surface area contributed by atoms with Gasteiger partial charge in [0.2, 0.25) is 0 Å². The second-order valence-electron chi connectivity index (χ2n) is 6.51. The van der Waals surface area contributed by atoms with E-state index in [1.165, 1.54) is 0 Å². The summed E-state index contributed by atoms with van der Waals surface area (Å²) < 4.78 is 19.6. The molecule has 0 radical (unpaired) electrons. The summed E-state index contributed by atoms with van der Waals surface area (Å²) in [6.45, 7) is 18.1. The van der Waals surface area contributed by atoms with Crippen LogP contribution in [0.15, 0.2) is 66.0 Å². The normalized spacial score (nSPS) is 17.5. The molecule has 0 amide bonds. The van der Waals surface area contributed by atoms with Gasteiger partial charge in [-0.3, -0.25) is 0 Å². The topological polar surface area (TPSA) is 65.4 Å². The second-order valence-corrected chi connectivity index (χ2v) is 7.98. The Hall–Kier alpha value is -2.78. The Morgan fingerprint density at radius 3 is 2.25 bits per heavy atom. The molecule has 176 valence electrons. The van der Waals surface area contributed by atoms with Crippen LogP contribution in [0.2, 0.25) is 0 Å². The number of ether oxygens (including phenoxy) is 1. The third-order valence-corrected chi connectivity index (χ3v) is 5.77. The Bertz CT molecular complexity index is 877. The fraction of sp³-hybridized carbons (Fsp3) is 0.423. The van der Waals surface area contributed by atoms with Crippen LogP contribution >= 0.6 is 0 Å². The van der Waals surface area contributed by atoms with Crippen molar-refractivity contribution in [2.75, 3.05) is 24.1 Å². The maximum atomic E-state index is 11.5. The molecule has 1 aliphatic heterocycles. The van der Waals surface area contributed by atoms with E-state index in [0.717, 1.165) is 33.9 Å². The van der Waals surface area contributed by atoms with Gasteiger partial charge in [0.15, 0.2) is 0 Å². The molecule has 1 heterocycles. The van der Waals surface area contributed by atoms with Gasteiger partial charge in [-0.1, -0.05) is 45.6 Å². The van der Waals surface area contributed by atoms with Crippen LogP contribution in [0.1, 0.15) is 54.0 Å². The quantitative estimate of drug-likeness (QED) is 0.378. The zero-order valence-corrected chi connectivity index (χ0v) is 21.7. The van der Waals surface area contributed by atoms with Gasteiger partial charge in [0, 0.05) is 18.5 Å². The number of rotatable bonds is 7. The molecular weight excluding hydrogens is 418 g/mol. The van der Waals surface area contributed by atoms with E-state index >= 15 is 0 Å². The summed E-state index contributed by atoms with van der Waals surface area (Å²) in [5, 5.41) is 9.51. The Labute approximate surface area is 197 Å². The van der Waals surface area contributed by atoms with Gasteiger partial charge >= 0.3 is 0 Å². The van der Waals surface area contributed by atoms with Crippen LogP contribution in [0.5, 0.6) is 0 Å². The zero-order valence-electron chi connectivity index (χ0n) is 20.9. The highest BCUT2D eigenvalue weighted by molar-refractivity contribution is 7.86. The van der Waals surface area contributed by atoms with Crippen LogP contribution in [-0.4, -0.2) is 34.6 Å². The molecule has 1 aliphatic rings. The first-order chi connectivity index (χ1) is 15.4. The highest BCUT2D eigenvalue weighted by Gasteiger charge is 2.31. The lowest BCUT2D eigenvalue weighted by atomic mass is 10.0. The van der Waals surface area contributed by atoms with Gasteiger partial charge in [0.05, 0.1) is 23.9 Å². The molecule has 2 rings (SSSR count). The van der Waals surface area contributed by atoms with Gasteiger partial charge in [0.25, 0.3) is 0 Å². The standard InChI is InChI=1S/C17H21N3OS.C7H12O.C2H6/c1-5-15-12(3)20(4)17(16(15)11-18)13-7-9-14(10-8-13)19-22(21)6-2;1-4-7(5-2)8-6-3;1-2/h5,7-10,12,19H,6H2,1-4H3;4-5H,1,6H2,2-3H3;1-2H3/b15-5+;7-5+;. The number of allylic oxidation sites excluding steroid dienone is 3. The Morgan fingerprint density at radius 2 is 1.88 bits per heavy atom. The summed E-state index contributed by atoms with van der Waals surface area (Å²) in [4.78, 5) is 2.13. The SMILES string of the molecule is C/C=C1/C(C#N)=C(c2ccc(NS(=O)CC)cc2)N(C)C1C.C=C/C(=C\C)OCC.CC. The molecule has 0 fully saturated rings. The molecule has 6 heteroatoms. The number of nitrogens with one attached hydrogen (secondary N) is 1. The number of nitrogens with zero attached hydrogens (tertiary/aromatic N) is 2. The maximum Gasteiger partial charge on any atom is 0.116 e. The molecule has 0 aliphatic carbocycles. The highest BCUT2D eigenvalue weighted by Crippen LogP contribution is 2.37. The lowest BCUT2D eigenvalue weighted by Crippen LogP contribution is -2.23. The minimum atomic E-state index is -1.05. The molecule has 2 atom stereocenters. The van der Waals surface area contributed by atoms with E-state index in [1.54, 1.807) is 6.08 Å². The molecule has 32 heavy (non-hydrogen) atoms. The predicted octanol–water partition coefficient (Wildman–Crippen LogP) is 6.44. The predicted molar refractivity (Wildman–Crippen MR) is 139 cm³/mol. The fourth-order valence-electron chi connectivity index (χ4n) is 3.10. The Kier molecular flexibility index (Phi) is 14.6. The Morgan fingerprint density at radius 1 is 1.28 bits per heavy atom. The van der Waals surface area contributed by atoms with Crippen LogP contribution < -0.4 is 4.72 Å². The molecule has 5 nitrogen and oxygen atoms in total. The number of benzene rings is 1. The molecule has 0 spiro atoms. The van der Waals surface area contributed by atoms with E-state index in [4.69, 9.17) is 4.74 Å². The van der Waals surface area contributed by atoms with Crippen molar-refractivity contribution in [1.82, 2.24) is 4.90 Å². The average Bonchev–Trinajstić information content (AvgIpc) is 3.08. The van der Waals surface area contributed by atoms with Crippen LogP contribution in [0.3, 0.4) is 0 Å². The number of nitriles is 1. The molecule has 1 aromatic carbocycles. The van der Waals surface area contributed by atoms with Crippen molar-refractivity contribution in [3.05, 3.63) is 71.5 Å². The fourth-order valence-corrected chi connectivity index (χ4v) is 3.65. The van der Waals surface area contributed by atoms with Crippen molar-refractivity contribution in [2.24, 2.45) is 0 Å². The second kappa shape index (κ2) is 15.9. The molecule has 0 saturated heterocycles. The van der Waals surface area contributed by atoms with E-state index in [2.05, 4.69) is 29.2 Å². The number of hydrogen-bond acceptors (Lipinski definition) is 4. The van der Waals surface area contributed by atoms with Crippen molar-refractivity contribution in [3.8, 4) is 6.07 Å². The third-order valence-electron chi connectivity index (χ3n) is 4.78. The zero-order chi connectivity index (χ0) is 24.7. The van der Waals surface area contributed by atoms with Crippen molar-refractivity contribution in [1.29, 1.82) is 5.26 Å². The van der Waals surface area contributed by atoms with E-state index < -0.39 is 11.0 Å². The van der Waals surface area contributed by atoms with E-state index in [9.17, 15) is 9.47 Å². The van der Waals surface area contributed by atoms with Gasteiger partial charge in [-0.25, -0.2) is 4.21 Å². The summed E-state index contributed by atoms with van der Waals surface area (Å²) >= 11 is 0. The molecule has 2 unspecified atom stereocenters. The van der Waals surface area contributed by atoms with Crippen molar-refractivity contribution in [2.45, 2.75) is 54.5 Å². The van der Waals surface area contributed by atoms with Gasteiger partial charge in [-0.2, -0.15) is 5.26 Å².